The molecule has 1 aromatic rings. The summed E-state index contributed by atoms with van der Waals surface area (Å²) in [7, 11) is 0. The Hall–Kier alpha value is -2.27. The Morgan fingerprint density at radius 3 is 2.48 bits per heavy atom. The minimum Gasteiger partial charge on any atom is -0.369 e. The van der Waals surface area contributed by atoms with Gasteiger partial charge >= 0.3 is 6.18 Å². The third kappa shape index (κ3) is 8.22. The van der Waals surface area contributed by atoms with E-state index in [4.69, 9.17) is 5.26 Å². The smallest absolute Gasteiger partial charge is 0.369 e. The molecule has 0 radical (unpaired) electrons. The van der Waals surface area contributed by atoms with Crippen molar-refractivity contribution in [2.75, 3.05) is 37.6 Å². The number of alkyl halides is 3. The van der Waals surface area contributed by atoms with Crippen molar-refractivity contribution < 1.29 is 18.0 Å². The van der Waals surface area contributed by atoms with Crippen LogP contribution in [0.5, 0.6) is 0 Å². The van der Waals surface area contributed by atoms with Crippen molar-refractivity contribution >= 4 is 11.6 Å². The molecule has 8 heteroatoms. The number of hydrogen-bond donors (Lipinski definition) is 1. The number of benzene rings is 1. The van der Waals surface area contributed by atoms with Crippen LogP contribution in [0, 0.1) is 17.2 Å². The average molecular weight is 465 g/mol. The second kappa shape index (κ2) is 12.3. The summed E-state index contributed by atoms with van der Waals surface area (Å²) >= 11 is 0. The van der Waals surface area contributed by atoms with Crippen molar-refractivity contribution in [2.24, 2.45) is 5.92 Å². The molecule has 1 heterocycles. The standard InChI is InChI=1S/C25H35F3N4O/c26-25(27,28)21-5-4-6-23(19-21)32-17-15-31(16-18-32)14-12-20-8-10-22(11-9-20)30-24(33)7-2-1-3-13-29/h4-6,19-20,22H,1-3,7-12,14-18H2,(H,30,33). The first-order valence-electron chi connectivity index (χ1n) is 12.2. The second-order valence-electron chi connectivity index (χ2n) is 9.32. The van der Waals surface area contributed by atoms with Gasteiger partial charge < -0.3 is 10.2 Å². The first kappa shape index (κ1) is 25.4. The van der Waals surface area contributed by atoms with E-state index in [1.54, 1.807) is 6.07 Å². The fraction of sp³-hybridized carbons (Fsp3) is 0.680. The summed E-state index contributed by atoms with van der Waals surface area (Å²) in [4.78, 5) is 16.5. The molecule has 2 fully saturated rings. The van der Waals surface area contributed by atoms with Crippen molar-refractivity contribution in [3.05, 3.63) is 29.8 Å². The van der Waals surface area contributed by atoms with Crippen LogP contribution in [0.25, 0.3) is 0 Å². The van der Waals surface area contributed by atoms with Gasteiger partial charge in [0.05, 0.1) is 11.6 Å². The normalized spacial score (nSPS) is 22.1. The number of carbonyl (C=O) groups is 1. The number of rotatable bonds is 9. The van der Waals surface area contributed by atoms with Crippen LogP contribution < -0.4 is 10.2 Å². The number of anilines is 1. The van der Waals surface area contributed by atoms with Crippen LogP contribution >= 0.6 is 0 Å². The van der Waals surface area contributed by atoms with Gasteiger partial charge in [-0.25, -0.2) is 0 Å². The number of halogens is 3. The highest BCUT2D eigenvalue weighted by atomic mass is 19.4. The zero-order chi connectivity index (χ0) is 23.7. The molecule has 5 nitrogen and oxygen atoms in total. The summed E-state index contributed by atoms with van der Waals surface area (Å²) in [5.41, 5.74) is 0.0585. The predicted molar refractivity (Wildman–Crippen MR) is 123 cm³/mol. The van der Waals surface area contributed by atoms with E-state index in [1.807, 2.05) is 4.90 Å². The minimum atomic E-state index is -4.31. The van der Waals surface area contributed by atoms with Crippen LogP contribution in [0.3, 0.4) is 0 Å². The number of carbonyl (C=O) groups excluding carboxylic acids is 1. The molecule has 1 N–H and O–H groups in total. The maximum absolute atomic E-state index is 13.0. The van der Waals surface area contributed by atoms with E-state index in [0.29, 0.717) is 24.4 Å². The molecular formula is C25H35F3N4O. The molecule has 0 spiro atoms. The maximum atomic E-state index is 13.0. The zero-order valence-electron chi connectivity index (χ0n) is 19.2. The van der Waals surface area contributed by atoms with Crippen LogP contribution in [0.1, 0.15) is 63.4 Å². The second-order valence-corrected chi connectivity index (χ2v) is 9.32. The van der Waals surface area contributed by atoms with Crippen LogP contribution in [0.15, 0.2) is 24.3 Å². The molecule has 0 bridgehead atoms. The van der Waals surface area contributed by atoms with Gasteiger partial charge in [-0.05, 0) is 75.6 Å². The fourth-order valence-electron chi connectivity index (χ4n) is 4.86. The molecule has 0 aromatic heterocycles. The Balaban J connectivity index is 1.31. The first-order valence-corrected chi connectivity index (χ1v) is 12.2. The molecule has 0 unspecified atom stereocenters. The van der Waals surface area contributed by atoms with Crippen LogP contribution in [-0.2, 0) is 11.0 Å². The Labute approximate surface area is 194 Å². The third-order valence-corrected chi connectivity index (χ3v) is 6.92. The number of nitrogens with one attached hydrogen (secondary N) is 1. The highest BCUT2D eigenvalue weighted by Gasteiger charge is 2.31. The lowest BCUT2D eigenvalue weighted by Gasteiger charge is -2.37. The van der Waals surface area contributed by atoms with Crippen molar-refractivity contribution in [3.8, 4) is 6.07 Å². The molecule has 33 heavy (non-hydrogen) atoms. The lowest BCUT2D eigenvalue weighted by Crippen LogP contribution is -2.47. The minimum absolute atomic E-state index is 0.107. The molecule has 182 valence electrons. The SMILES string of the molecule is N#CCCCCC(=O)NC1CCC(CCN2CCN(c3cccc(C(F)(F)F)c3)CC2)CC1. The van der Waals surface area contributed by atoms with Crippen LogP contribution in [-0.4, -0.2) is 49.6 Å². The zero-order valence-corrected chi connectivity index (χ0v) is 19.2. The summed E-state index contributed by atoms with van der Waals surface area (Å²) in [5.74, 6) is 0.783. The number of hydrogen-bond acceptors (Lipinski definition) is 4. The van der Waals surface area contributed by atoms with Gasteiger partial charge in [0.2, 0.25) is 5.91 Å². The number of nitrogens with zero attached hydrogens (tertiary/aromatic N) is 3. The maximum Gasteiger partial charge on any atom is 0.416 e. The molecule has 1 aliphatic heterocycles. The van der Waals surface area contributed by atoms with E-state index in [1.165, 1.54) is 12.1 Å². The molecule has 0 atom stereocenters. The topological polar surface area (TPSA) is 59.4 Å². The van der Waals surface area contributed by atoms with E-state index in [-0.39, 0.29) is 11.9 Å². The molecular weight excluding hydrogens is 429 g/mol. The van der Waals surface area contributed by atoms with Gasteiger partial charge in [-0.2, -0.15) is 18.4 Å². The Morgan fingerprint density at radius 2 is 1.82 bits per heavy atom. The third-order valence-electron chi connectivity index (χ3n) is 6.92. The molecule has 1 saturated carbocycles. The number of nitriles is 1. The monoisotopic (exact) mass is 464 g/mol. The molecule has 1 amide bonds. The lowest BCUT2D eigenvalue weighted by atomic mass is 9.84. The van der Waals surface area contributed by atoms with Gasteiger partial charge in [0.25, 0.3) is 0 Å². The average Bonchev–Trinajstić information content (AvgIpc) is 2.81. The predicted octanol–water partition coefficient (Wildman–Crippen LogP) is 4.98. The highest BCUT2D eigenvalue weighted by Crippen LogP contribution is 2.32. The van der Waals surface area contributed by atoms with E-state index in [0.717, 1.165) is 83.7 Å². The molecule has 2 aliphatic rings. The van der Waals surface area contributed by atoms with Gasteiger partial charge in [0.1, 0.15) is 0 Å². The van der Waals surface area contributed by atoms with Crippen molar-refractivity contribution in [1.29, 1.82) is 5.26 Å². The van der Waals surface area contributed by atoms with Gasteiger partial charge in [-0.1, -0.05) is 6.07 Å². The summed E-state index contributed by atoms with van der Waals surface area (Å²) in [6.45, 7) is 4.25. The summed E-state index contributed by atoms with van der Waals surface area (Å²) in [6, 6.07) is 8.00. The number of piperazine rings is 1. The summed E-state index contributed by atoms with van der Waals surface area (Å²) < 4.78 is 38.9. The van der Waals surface area contributed by atoms with E-state index in [9.17, 15) is 18.0 Å². The molecule has 3 rings (SSSR count). The lowest BCUT2D eigenvalue weighted by molar-refractivity contribution is -0.137. The van der Waals surface area contributed by atoms with Crippen molar-refractivity contribution in [2.45, 2.75) is 70.0 Å². The van der Waals surface area contributed by atoms with E-state index >= 15 is 0 Å². The first-order chi connectivity index (χ1) is 15.8. The summed E-state index contributed by atoms with van der Waals surface area (Å²) in [5, 5.41) is 11.7. The van der Waals surface area contributed by atoms with Gasteiger partial charge in [-0.15, -0.1) is 0 Å². The molecule has 1 aliphatic carbocycles. The van der Waals surface area contributed by atoms with Gasteiger partial charge in [0.15, 0.2) is 0 Å². The van der Waals surface area contributed by atoms with Crippen molar-refractivity contribution in [1.82, 2.24) is 10.2 Å². The molecule has 1 aromatic carbocycles. The van der Waals surface area contributed by atoms with Crippen LogP contribution in [0.4, 0.5) is 18.9 Å². The quantitative estimate of drug-likeness (QED) is 0.524. The number of amides is 1. The Kier molecular flexibility index (Phi) is 9.42. The largest absolute Gasteiger partial charge is 0.416 e. The van der Waals surface area contributed by atoms with E-state index in [2.05, 4.69) is 16.3 Å². The highest BCUT2D eigenvalue weighted by molar-refractivity contribution is 5.76. The molecule has 1 saturated heterocycles. The van der Waals surface area contributed by atoms with Crippen LogP contribution in [0.2, 0.25) is 0 Å². The van der Waals surface area contributed by atoms with Crippen molar-refractivity contribution in [3.63, 3.8) is 0 Å². The van der Waals surface area contributed by atoms with E-state index < -0.39 is 11.7 Å². The summed E-state index contributed by atoms with van der Waals surface area (Å²) in [6.07, 6.45) is 3.71. The fourth-order valence-corrected chi connectivity index (χ4v) is 4.86. The Bertz CT molecular complexity index is 792. The Morgan fingerprint density at radius 1 is 1.09 bits per heavy atom. The van der Waals surface area contributed by atoms with Gasteiger partial charge in [0, 0.05) is 50.7 Å². The number of unbranched alkanes of at least 4 members (excludes halogenated alkanes) is 2. The van der Waals surface area contributed by atoms with Gasteiger partial charge in [-0.3, -0.25) is 9.69 Å².